The van der Waals surface area contributed by atoms with Crippen LogP contribution in [0, 0.1) is 0 Å². The van der Waals surface area contributed by atoms with Gasteiger partial charge in [0.2, 0.25) is 0 Å². The molecule has 5 nitrogen and oxygen atoms in total. The number of nitrogens with zero attached hydrogens (tertiary/aromatic N) is 3. The molecule has 0 bridgehead atoms. The summed E-state index contributed by atoms with van der Waals surface area (Å²) in [5, 5.41) is 6.12. The smallest absolute Gasteiger partial charge is 0.102 e. The lowest BCUT2D eigenvalue weighted by atomic mass is 10.4. The summed E-state index contributed by atoms with van der Waals surface area (Å²) in [5.74, 6) is 0. The first kappa shape index (κ1) is 11.2. The monoisotopic (exact) mass is 246 g/mol. The minimum atomic E-state index is -0.113. The predicted molar refractivity (Wildman–Crippen MR) is 64.2 cm³/mol. The van der Waals surface area contributed by atoms with E-state index < -0.39 is 0 Å². The van der Waals surface area contributed by atoms with Gasteiger partial charge in [-0.05, 0) is 6.92 Å². The Bertz CT molecular complexity index is 286. The van der Waals surface area contributed by atoms with E-state index in [0.29, 0.717) is 13.2 Å². The predicted octanol–water partition coefficient (Wildman–Crippen LogP) is 0.518. The van der Waals surface area contributed by atoms with Crippen LogP contribution < -0.4 is 5.73 Å². The first-order chi connectivity index (χ1) is 7.24. The molecule has 1 fully saturated rings. The van der Waals surface area contributed by atoms with E-state index in [1.54, 1.807) is 17.4 Å². The average Bonchev–Trinajstić information content (AvgIpc) is 2.60. The SMILES string of the molecule is CC1=CSN(C=S)N1N1CCOCC1N. The zero-order valence-electron chi connectivity index (χ0n) is 8.50. The summed E-state index contributed by atoms with van der Waals surface area (Å²) in [6, 6.07) is 0. The van der Waals surface area contributed by atoms with Crippen LogP contribution in [0.5, 0.6) is 0 Å². The van der Waals surface area contributed by atoms with Crippen LogP contribution in [0.25, 0.3) is 0 Å². The van der Waals surface area contributed by atoms with Gasteiger partial charge < -0.3 is 10.5 Å². The van der Waals surface area contributed by atoms with Crippen molar-refractivity contribution in [3.8, 4) is 0 Å². The molecule has 0 radical (unpaired) electrons. The molecule has 1 saturated heterocycles. The number of rotatable bonds is 2. The normalized spacial score (nSPS) is 28.1. The van der Waals surface area contributed by atoms with Crippen LogP contribution in [0.15, 0.2) is 11.1 Å². The summed E-state index contributed by atoms with van der Waals surface area (Å²) in [5.41, 5.74) is 8.72. The maximum Gasteiger partial charge on any atom is 0.102 e. The molecule has 2 aliphatic rings. The van der Waals surface area contributed by atoms with Crippen molar-refractivity contribution in [2.75, 3.05) is 19.8 Å². The van der Waals surface area contributed by atoms with Gasteiger partial charge in [-0.1, -0.05) is 12.2 Å². The first-order valence-electron chi connectivity index (χ1n) is 4.72. The summed E-state index contributed by atoms with van der Waals surface area (Å²) in [7, 11) is 0. The molecule has 84 valence electrons. The van der Waals surface area contributed by atoms with Crippen LogP contribution in [0.4, 0.5) is 0 Å². The molecule has 0 aromatic carbocycles. The second kappa shape index (κ2) is 4.67. The van der Waals surface area contributed by atoms with Crippen molar-refractivity contribution < 1.29 is 4.74 Å². The Kier molecular flexibility index (Phi) is 3.47. The Labute approximate surface area is 98.9 Å². The van der Waals surface area contributed by atoms with Gasteiger partial charge in [0.15, 0.2) is 0 Å². The van der Waals surface area contributed by atoms with Gasteiger partial charge in [0.25, 0.3) is 0 Å². The maximum absolute atomic E-state index is 5.99. The summed E-state index contributed by atoms with van der Waals surface area (Å²) in [6.07, 6.45) is -0.113. The van der Waals surface area contributed by atoms with Gasteiger partial charge >= 0.3 is 0 Å². The average molecular weight is 246 g/mol. The molecule has 0 aromatic heterocycles. The highest BCUT2D eigenvalue weighted by Crippen LogP contribution is 2.30. The molecular formula is C8H14N4OS2. The van der Waals surface area contributed by atoms with Crippen LogP contribution >= 0.6 is 24.2 Å². The highest BCUT2D eigenvalue weighted by Gasteiger charge is 2.31. The molecule has 2 aliphatic heterocycles. The third kappa shape index (κ3) is 2.11. The van der Waals surface area contributed by atoms with Crippen molar-refractivity contribution in [1.29, 1.82) is 0 Å². The lowest BCUT2D eigenvalue weighted by molar-refractivity contribution is -0.149. The highest BCUT2D eigenvalue weighted by atomic mass is 32.2. The van der Waals surface area contributed by atoms with Crippen molar-refractivity contribution in [1.82, 2.24) is 14.5 Å². The second-order valence-electron chi connectivity index (χ2n) is 3.37. The largest absolute Gasteiger partial charge is 0.377 e. The van der Waals surface area contributed by atoms with Crippen LogP contribution in [0.1, 0.15) is 6.92 Å². The molecule has 7 heteroatoms. The van der Waals surface area contributed by atoms with Gasteiger partial charge in [-0.25, -0.2) is 9.53 Å². The van der Waals surface area contributed by atoms with E-state index in [9.17, 15) is 0 Å². The number of hydrogen-bond acceptors (Lipinski definition) is 6. The van der Waals surface area contributed by atoms with E-state index in [2.05, 4.69) is 5.01 Å². The van der Waals surface area contributed by atoms with Crippen molar-refractivity contribution in [2.24, 2.45) is 5.73 Å². The molecule has 0 spiro atoms. The first-order valence-corrected chi connectivity index (χ1v) is 6.03. The van der Waals surface area contributed by atoms with Crippen molar-refractivity contribution in [3.63, 3.8) is 0 Å². The number of allylic oxidation sites excluding steroid dienone is 1. The Morgan fingerprint density at radius 2 is 2.53 bits per heavy atom. The fourth-order valence-corrected chi connectivity index (χ4v) is 2.57. The maximum atomic E-state index is 5.99. The quantitative estimate of drug-likeness (QED) is 0.563. The van der Waals surface area contributed by atoms with Crippen LogP contribution in [0.3, 0.4) is 0 Å². The number of morpholine rings is 1. The molecule has 2 heterocycles. The molecule has 1 unspecified atom stereocenters. The Morgan fingerprint density at radius 1 is 1.73 bits per heavy atom. The Hall–Kier alpha value is -0.340. The van der Waals surface area contributed by atoms with E-state index in [1.165, 1.54) is 0 Å². The molecule has 0 amide bonds. The topological polar surface area (TPSA) is 45.0 Å². The second-order valence-corrected chi connectivity index (χ2v) is 4.40. The molecule has 2 N–H and O–H groups in total. The minimum absolute atomic E-state index is 0.113. The van der Waals surface area contributed by atoms with Crippen LogP contribution in [-0.2, 0) is 4.74 Å². The van der Waals surface area contributed by atoms with Crippen molar-refractivity contribution in [2.45, 2.75) is 13.1 Å². The van der Waals surface area contributed by atoms with Crippen LogP contribution in [0.2, 0.25) is 0 Å². The highest BCUT2D eigenvalue weighted by molar-refractivity contribution is 8.01. The molecule has 2 rings (SSSR count). The number of ether oxygens (including phenoxy) is 1. The van der Waals surface area contributed by atoms with Gasteiger partial charge in [0.1, 0.15) is 6.17 Å². The summed E-state index contributed by atoms with van der Waals surface area (Å²) < 4.78 is 7.19. The molecule has 0 aromatic rings. The van der Waals surface area contributed by atoms with E-state index in [4.69, 9.17) is 22.7 Å². The molecule has 15 heavy (non-hydrogen) atoms. The number of thiocarbonyl (C=S) groups is 1. The zero-order chi connectivity index (χ0) is 10.8. The van der Waals surface area contributed by atoms with Crippen molar-refractivity contribution in [3.05, 3.63) is 11.1 Å². The van der Waals surface area contributed by atoms with Gasteiger partial charge in [0.05, 0.1) is 24.4 Å². The number of nitrogens with two attached hydrogens (primary N) is 1. The summed E-state index contributed by atoms with van der Waals surface area (Å²) >= 11 is 6.51. The van der Waals surface area contributed by atoms with E-state index >= 15 is 0 Å². The van der Waals surface area contributed by atoms with Gasteiger partial charge in [-0.3, -0.25) is 0 Å². The Morgan fingerprint density at radius 3 is 3.20 bits per heavy atom. The Balaban J connectivity index is 2.12. The zero-order valence-corrected chi connectivity index (χ0v) is 10.1. The van der Waals surface area contributed by atoms with Gasteiger partial charge in [-0.15, -0.1) is 0 Å². The standard InChI is InChI=1S/C8H14N4OS2/c1-7-5-15-11(6-14)12(7)10-2-3-13-4-8(10)9/h5-6,8H,2-4,9H2,1H3. The van der Waals surface area contributed by atoms with Crippen LogP contribution in [-0.4, -0.2) is 46.0 Å². The van der Waals surface area contributed by atoms with E-state index in [0.717, 1.165) is 12.2 Å². The fraction of sp³-hybridized carbons (Fsp3) is 0.625. The lowest BCUT2D eigenvalue weighted by Gasteiger charge is -2.43. The molecular weight excluding hydrogens is 232 g/mol. The molecule has 0 saturated carbocycles. The van der Waals surface area contributed by atoms with E-state index in [-0.39, 0.29) is 6.17 Å². The summed E-state index contributed by atoms with van der Waals surface area (Å²) in [4.78, 5) is 0. The molecule has 1 atom stereocenters. The minimum Gasteiger partial charge on any atom is -0.377 e. The molecule has 0 aliphatic carbocycles. The third-order valence-corrected chi connectivity index (χ3v) is 3.56. The lowest BCUT2D eigenvalue weighted by Crippen LogP contribution is -2.60. The van der Waals surface area contributed by atoms with Crippen molar-refractivity contribution >= 4 is 29.7 Å². The van der Waals surface area contributed by atoms with Gasteiger partial charge in [0, 0.05) is 23.9 Å². The number of hydrogen-bond donors (Lipinski definition) is 1. The fourth-order valence-electron chi connectivity index (χ4n) is 1.61. The third-order valence-electron chi connectivity index (χ3n) is 2.30. The number of hydrazine groups is 2. The van der Waals surface area contributed by atoms with E-state index in [1.807, 2.05) is 21.9 Å². The summed E-state index contributed by atoms with van der Waals surface area (Å²) in [6.45, 7) is 4.08. The van der Waals surface area contributed by atoms with Gasteiger partial charge in [-0.2, -0.15) is 5.01 Å².